The third kappa shape index (κ3) is 5.71. The molecule has 0 aliphatic carbocycles. The molecule has 5 N–H and O–H groups in total. The quantitative estimate of drug-likeness (QED) is 0.369. The van der Waals surface area contributed by atoms with Crippen molar-refractivity contribution in [2.45, 2.75) is 19.5 Å². The van der Waals surface area contributed by atoms with E-state index in [9.17, 15) is 9.90 Å². The lowest BCUT2D eigenvalue weighted by Crippen LogP contribution is -2.35. The minimum Gasteiger partial charge on any atom is -0.494 e. The lowest BCUT2D eigenvalue weighted by molar-refractivity contribution is -0.138. The fourth-order valence-electron chi connectivity index (χ4n) is 3.41. The Labute approximate surface area is 176 Å². The van der Waals surface area contributed by atoms with Crippen LogP contribution in [-0.2, 0) is 16.1 Å². The summed E-state index contributed by atoms with van der Waals surface area (Å²) in [6.07, 6.45) is 0. The molecule has 2 aromatic carbocycles. The molecule has 0 amide bonds. The van der Waals surface area contributed by atoms with Crippen molar-refractivity contribution < 1.29 is 19.4 Å². The van der Waals surface area contributed by atoms with Gasteiger partial charge in [0.1, 0.15) is 11.6 Å². The Morgan fingerprint density at radius 1 is 1.27 bits per heavy atom. The molecule has 1 atom stereocenters. The van der Waals surface area contributed by atoms with Gasteiger partial charge < -0.3 is 25.6 Å². The average Bonchev–Trinajstić information content (AvgIpc) is 2.73. The van der Waals surface area contributed by atoms with Gasteiger partial charge in [-0.05, 0) is 54.4 Å². The van der Waals surface area contributed by atoms with E-state index in [1.54, 1.807) is 30.3 Å². The van der Waals surface area contributed by atoms with Crippen molar-refractivity contribution in [3.63, 3.8) is 0 Å². The van der Waals surface area contributed by atoms with Crippen molar-refractivity contribution in [3.8, 4) is 5.75 Å². The SMILES string of the molecule is CCOc1cc(CN2CCOCC2)cc(C(Nc2ccc(C(=N)N)cc2)C(=O)O)c1. The van der Waals surface area contributed by atoms with Crippen molar-refractivity contribution in [3.05, 3.63) is 59.2 Å². The second-order valence-electron chi connectivity index (χ2n) is 7.14. The van der Waals surface area contributed by atoms with Gasteiger partial charge in [0.2, 0.25) is 0 Å². The first-order valence-electron chi connectivity index (χ1n) is 9.97. The van der Waals surface area contributed by atoms with Gasteiger partial charge in [0.25, 0.3) is 0 Å². The maximum Gasteiger partial charge on any atom is 0.330 e. The van der Waals surface area contributed by atoms with Crippen LogP contribution >= 0.6 is 0 Å². The fraction of sp³-hybridized carbons (Fsp3) is 0.364. The van der Waals surface area contributed by atoms with Crippen LogP contribution in [0.5, 0.6) is 5.75 Å². The summed E-state index contributed by atoms with van der Waals surface area (Å²) in [5.41, 5.74) is 8.31. The van der Waals surface area contributed by atoms with Gasteiger partial charge in [-0.25, -0.2) is 4.79 Å². The van der Waals surface area contributed by atoms with E-state index in [-0.39, 0.29) is 5.84 Å². The number of rotatable bonds is 9. The van der Waals surface area contributed by atoms with Gasteiger partial charge in [-0.1, -0.05) is 6.07 Å². The van der Waals surface area contributed by atoms with E-state index in [4.69, 9.17) is 20.6 Å². The molecule has 1 unspecified atom stereocenters. The summed E-state index contributed by atoms with van der Waals surface area (Å²) in [6, 6.07) is 11.5. The molecule has 0 spiro atoms. The monoisotopic (exact) mass is 412 g/mol. The van der Waals surface area contributed by atoms with Crippen molar-refractivity contribution in [2.75, 3.05) is 38.2 Å². The van der Waals surface area contributed by atoms with Crippen molar-refractivity contribution in [1.29, 1.82) is 5.41 Å². The minimum atomic E-state index is -0.989. The molecule has 1 aliphatic heterocycles. The molecule has 30 heavy (non-hydrogen) atoms. The molecule has 1 saturated heterocycles. The molecule has 0 aromatic heterocycles. The number of carbonyl (C=O) groups is 1. The average molecular weight is 412 g/mol. The zero-order valence-corrected chi connectivity index (χ0v) is 17.1. The number of morpholine rings is 1. The molecule has 1 fully saturated rings. The Bertz CT molecular complexity index is 879. The second kappa shape index (κ2) is 10.1. The van der Waals surface area contributed by atoms with Crippen LogP contribution in [0.3, 0.4) is 0 Å². The first kappa shape index (κ1) is 21.6. The standard InChI is InChI=1S/C22H28N4O4/c1-2-30-19-12-15(14-26-7-9-29-10-8-26)11-17(13-19)20(22(27)28)25-18-5-3-16(4-6-18)21(23)24/h3-6,11-13,20,25H,2,7-10,14H2,1H3,(H3,23,24)(H,27,28). The number of aliphatic carboxylic acids is 1. The molecule has 0 saturated carbocycles. The van der Waals surface area contributed by atoms with Gasteiger partial charge in [0.15, 0.2) is 6.04 Å². The Kier molecular flexibility index (Phi) is 7.26. The lowest BCUT2D eigenvalue weighted by Gasteiger charge is -2.27. The predicted octanol–water partition coefficient (Wildman–Crippen LogP) is 2.44. The summed E-state index contributed by atoms with van der Waals surface area (Å²) in [5, 5.41) is 20.4. The highest BCUT2D eigenvalue weighted by Crippen LogP contribution is 2.27. The Balaban J connectivity index is 1.86. The number of nitrogens with zero attached hydrogens (tertiary/aromatic N) is 1. The summed E-state index contributed by atoms with van der Waals surface area (Å²) in [6.45, 7) is 6.20. The highest BCUT2D eigenvalue weighted by atomic mass is 16.5. The van der Waals surface area contributed by atoms with Crippen LogP contribution in [0.4, 0.5) is 5.69 Å². The molecule has 2 aromatic rings. The molecule has 0 bridgehead atoms. The number of hydrogen-bond acceptors (Lipinski definition) is 6. The normalized spacial score (nSPS) is 15.4. The number of benzene rings is 2. The van der Waals surface area contributed by atoms with E-state index in [1.165, 1.54) is 0 Å². The smallest absolute Gasteiger partial charge is 0.330 e. The molecule has 3 rings (SSSR count). The summed E-state index contributed by atoms with van der Waals surface area (Å²) >= 11 is 0. The third-order valence-corrected chi connectivity index (χ3v) is 4.90. The van der Waals surface area contributed by atoms with Crippen LogP contribution in [-0.4, -0.2) is 54.7 Å². The van der Waals surface area contributed by atoms with Crippen LogP contribution in [0.15, 0.2) is 42.5 Å². The molecule has 8 heteroatoms. The number of carboxylic acid groups (broad SMARTS) is 1. The third-order valence-electron chi connectivity index (χ3n) is 4.90. The highest BCUT2D eigenvalue weighted by molar-refractivity contribution is 5.95. The number of amidine groups is 1. The highest BCUT2D eigenvalue weighted by Gasteiger charge is 2.22. The van der Waals surface area contributed by atoms with Gasteiger partial charge in [-0.15, -0.1) is 0 Å². The van der Waals surface area contributed by atoms with Gasteiger partial charge >= 0.3 is 5.97 Å². The number of carboxylic acids is 1. The molecule has 1 heterocycles. The number of nitrogen functional groups attached to an aromatic ring is 1. The summed E-state index contributed by atoms with van der Waals surface area (Å²) in [4.78, 5) is 14.3. The molecular weight excluding hydrogens is 384 g/mol. The van der Waals surface area contributed by atoms with E-state index in [0.29, 0.717) is 48.9 Å². The van der Waals surface area contributed by atoms with Gasteiger partial charge in [0.05, 0.1) is 19.8 Å². The van der Waals surface area contributed by atoms with Crippen molar-refractivity contribution in [1.82, 2.24) is 4.90 Å². The van der Waals surface area contributed by atoms with E-state index in [0.717, 1.165) is 18.7 Å². The van der Waals surface area contributed by atoms with E-state index >= 15 is 0 Å². The summed E-state index contributed by atoms with van der Waals surface area (Å²) in [7, 11) is 0. The Morgan fingerprint density at radius 2 is 1.97 bits per heavy atom. The number of ether oxygens (including phenoxy) is 2. The molecule has 0 radical (unpaired) electrons. The predicted molar refractivity (Wildman–Crippen MR) is 115 cm³/mol. The van der Waals surface area contributed by atoms with Gasteiger partial charge in [-0.3, -0.25) is 10.3 Å². The number of anilines is 1. The van der Waals surface area contributed by atoms with Crippen LogP contribution < -0.4 is 15.8 Å². The summed E-state index contributed by atoms with van der Waals surface area (Å²) < 4.78 is 11.1. The number of nitrogens with two attached hydrogens (primary N) is 1. The van der Waals surface area contributed by atoms with Crippen molar-refractivity contribution in [2.24, 2.45) is 5.73 Å². The van der Waals surface area contributed by atoms with E-state index in [1.807, 2.05) is 19.1 Å². The van der Waals surface area contributed by atoms with E-state index in [2.05, 4.69) is 10.2 Å². The van der Waals surface area contributed by atoms with Crippen LogP contribution in [0.2, 0.25) is 0 Å². The number of hydrogen-bond donors (Lipinski definition) is 4. The maximum absolute atomic E-state index is 12.1. The zero-order chi connectivity index (χ0) is 21.5. The minimum absolute atomic E-state index is 0.0338. The van der Waals surface area contributed by atoms with E-state index < -0.39 is 12.0 Å². The van der Waals surface area contributed by atoms with Crippen molar-refractivity contribution >= 4 is 17.5 Å². The lowest BCUT2D eigenvalue weighted by atomic mass is 10.0. The van der Waals surface area contributed by atoms with Crippen LogP contribution in [0, 0.1) is 5.41 Å². The summed E-state index contributed by atoms with van der Waals surface area (Å²) in [5.74, 6) is -0.372. The molecular formula is C22H28N4O4. The topological polar surface area (TPSA) is 121 Å². The Hall–Kier alpha value is -3.10. The van der Waals surface area contributed by atoms with Crippen LogP contribution in [0.25, 0.3) is 0 Å². The molecule has 8 nitrogen and oxygen atoms in total. The zero-order valence-electron chi connectivity index (χ0n) is 17.1. The largest absolute Gasteiger partial charge is 0.494 e. The van der Waals surface area contributed by atoms with Gasteiger partial charge in [0, 0.05) is 30.9 Å². The maximum atomic E-state index is 12.1. The number of nitrogens with one attached hydrogen (secondary N) is 2. The fourth-order valence-corrected chi connectivity index (χ4v) is 3.41. The molecule has 1 aliphatic rings. The Morgan fingerprint density at radius 3 is 2.57 bits per heavy atom. The first-order chi connectivity index (χ1) is 14.5. The second-order valence-corrected chi connectivity index (χ2v) is 7.14. The van der Waals surface area contributed by atoms with Crippen LogP contribution in [0.1, 0.15) is 29.7 Å². The molecule has 160 valence electrons. The first-order valence-corrected chi connectivity index (χ1v) is 9.97. The van der Waals surface area contributed by atoms with Gasteiger partial charge in [-0.2, -0.15) is 0 Å².